The molecule has 0 atom stereocenters. The van der Waals surface area contributed by atoms with Crippen LogP contribution in [0.15, 0.2) is 15.6 Å². The summed E-state index contributed by atoms with van der Waals surface area (Å²) < 4.78 is 9.70. The van der Waals surface area contributed by atoms with Gasteiger partial charge in [0, 0.05) is 10.8 Å². The van der Waals surface area contributed by atoms with Crippen molar-refractivity contribution in [1.29, 1.82) is 0 Å². The van der Waals surface area contributed by atoms with Gasteiger partial charge in [-0.1, -0.05) is 0 Å². The molecule has 0 radical (unpaired) electrons. The first-order valence-corrected chi connectivity index (χ1v) is 7.00. The summed E-state index contributed by atoms with van der Waals surface area (Å²) >= 11 is 1.30. The molecule has 20 heavy (non-hydrogen) atoms. The van der Waals surface area contributed by atoms with Gasteiger partial charge >= 0.3 is 11.9 Å². The molecule has 0 saturated heterocycles. The lowest BCUT2D eigenvalue weighted by molar-refractivity contribution is 0.0473. The SMILES string of the molecule is CCOC(=O)c1[nH]c2cscc2c(=O)c1C(=O)OCC. The molecule has 0 aliphatic carbocycles. The zero-order valence-corrected chi connectivity index (χ0v) is 11.8. The molecule has 0 bridgehead atoms. The molecule has 2 heterocycles. The van der Waals surface area contributed by atoms with Gasteiger partial charge in [-0.15, -0.1) is 11.3 Å². The summed E-state index contributed by atoms with van der Waals surface area (Å²) in [6.45, 7) is 3.52. The van der Waals surface area contributed by atoms with E-state index in [9.17, 15) is 14.4 Å². The van der Waals surface area contributed by atoms with Crippen molar-refractivity contribution < 1.29 is 19.1 Å². The van der Waals surface area contributed by atoms with Gasteiger partial charge in [-0.3, -0.25) is 4.79 Å². The Labute approximate surface area is 118 Å². The molecule has 1 N–H and O–H groups in total. The van der Waals surface area contributed by atoms with Crippen LogP contribution in [0.2, 0.25) is 0 Å². The number of ether oxygens (including phenoxy) is 2. The average Bonchev–Trinajstić information content (AvgIpc) is 2.87. The standard InChI is InChI=1S/C13H13NO5S/c1-3-18-12(16)9-10(13(17)19-4-2)14-8-6-20-5-7(8)11(9)15/h5-6,14H,3-4H2,1-2H3. The smallest absolute Gasteiger partial charge is 0.355 e. The van der Waals surface area contributed by atoms with Gasteiger partial charge in [-0.2, -0.15) is 0 Å². The van der Waals surface area contributed by atoms with E-state index in [1.807, 2.05) is 0 Å². The summed E-state index contributed by atoms with van der Waals surface area (Å²) in [5, 5.41) is 3.66. The minimum atomic E-state index is -0.829. The lowest BCUT2D eigenvalue weighted by atomic mass is 10.1. The lowest BCUT2D eigenvalue weighted by Gasteiger charge is -2.08. The molecule has 0 saturated carbocycles. The second-order valence-electron chi connectivity index (χ2n) is 3.84. The molecule has 106 valence electrons. The van der Waals surface area contributed by atoms with Crippen LogP contribution in [0.1, 0.15) is 34.7 Å². The molecule has 2 rings (SSSR count). The molecule has 7 heteroatoms. The highest BCUT2D eigenvalue weighted by atomic mass is 32.1. The number of aromatic amines is 1. The molecule has 2 aromatic heterocycles. The van der Waals surface area contributed by atoms with E-state index in [4.69, 9.17) is 9.47 Å². The number of nitrogens with one attached hydrogen (secondary N) is 1. The van der Waals surface area contributed by atoms with Gasteiger partial charge in [-0.05, 0) is 13.8 Å². The van der Waals surface area contributed by atoms with Crippen molar-refractivity contribution in [3.63, 3.8) is 0 Å². The predicted molar refractivity (Wildman–Crippen MR) is 74.4 cm³/mol. The Morgan fingerprint density at radius 3 is 2.45 bits per heavy atom. The van der Waals surface area contributed by atoms with Gasteiger partial charge in [-0.25, -0.2) is 9.59 Å². The number of carbonyl (C=O) groups excluding carboxylic acids is 2. The third kappa shape index (κ3) is 2.44. The molecule has 6 nitrogen and oxygen atoms in total. The monoisotopic (exact) mass is 295 g/mol. The van der Waals surface area contributed by atoms with Crippen LogP contribution in [0.3, 0.4) is 0 Å². The van der Waals surface area contributed by atoms with Crippen LogP contribution in [-0.2, 0) is 9.47 Å². The van der Waals surface area contributed by atoms with E-state index in [2.05, 4.69) is 4.98 Å². The molecule has 0 spiro atoms. The Morgan fingerprint density at radius 1 is 1.15 bits per heavy atom. The number of aromatic nitrogens is 1. The number of hydrogen-bond donors (Lipinski definition) is 1. The Kier molecular flexibility index (Phi) is 4.19. The zero-order chi connectivity index (χ0) is 14.7. The number of pyridine rings is 1. The molecule has 0 aromatic carbocycles. The summed E-state index contributed by atoms with van der Waals surface area (Å²) in [6, 6.07) is 0. The fourth-order valence-corrected chi connectivity index (χ4v) is 2.53. The second kappa shape index (κ2) is 5.87. The van der Waals surface area contributed by atoms with E-state index in [1.54, 1.807) is 24.6 Å². The lowest BCUT2D eigenvalue weighted by Crippen LogP contribution is -2.24. The summed E-state index contributed by atoms with van der Waals surface area (Å²) in [6.07, 6.45) is 0. The Balaban J connectivity index is 2.69. The van der Waals surface area contributed by atoms with E-state index in [0.29, 0.717) is 10.9 Å². The van der Waals surface area contributed by atoms with Gasteiger partial charge in [0.25, 0.3) is 0 Å². The highest BCUT2D eigenvalue weighted by Crippen LogP contribution is 2.17. The fraction of sp³-hybridized carbons (Fsp3) is 0.308. The van der Waals surface area contributed by atoms with Crippen molar-refractivity contribution in [3.05, 3.63) is 32.2 Å². The predicted octanol–water partition coefficient (Wildman–Crippen LogP) is 1.94. The van der Waals surface area contributed by atoms with Crippen LogP contribution in [0.5, 0.6) is 0 Å². The maximum Gasteiger partial charge on any atom is 0.355 e. The Bertz CT molecular complexity index is 715. The van der Waals surface area contributed by atoms with Crippen LogP contribution in [0.25, 0.3) is 10.9 Å². The number of H-pyrrole nitrogens is 1. The highest BCUT2D eigenvalue weighted by molar-refractivity contribution is 7.09. The van der Waals surface area contributed by atoms with Crippen LogP contribution in [-0.4, -0.2) is 30.1 Å². The van der Waals surface area contributed by atoms with Gasteiger partial charge in [0.2, 0.25) is 5.43 Å². The molecule has 0 aliphatic heterocycles. The normalized spacial score (nSPS) is 10.5. The fourth-order valence-electron chi connectivity index (χ4n) is 1.77. The first-order valence-electron chi connectivity index (χ1n) is 6.06. The summed E-state index contributed by atoms with van der Waals surface area (Å²) in [5.41, 5.74) is -0.505. The van der Waals surface area contributed by atoms with E-state index in [-0.39, 0.29) is 24.5 Å². The van der Waals surface area contributed by atoms with E-state index in [1.165, 1.54) is 11.3 Å². The van der Waals surface area contributed by atoms with Crippen molar-refractivity contribution in [2.24, 2.45) is 0 Å². The molecule has 0 amide bonds. The largest absolute Gasteiger partial charge is 0.462 e. The third-order valence-electron chi connectivity index (χ3n) is 2.60. The van der Waals surface area contributed by atoms with Crippen LogP contribution >= 0.6 is 11.3 Å². The van der Waals surface area contributed by atoms with Crippen LogP contribution in [0, 0.1) is 0 Å². The molecular weight excluding hydrogens is 282 g/mol. The zero-order valence-electron chi connectivity index (χ0n) is 11.0. The van der Waals surface area contributed by atoms with Crippen molar-refractivity contribution in [3.8, 4) is 0 Å². The minimum Gasteiger partial charge on any atom is -0.462 e. The number of thiophene rings is 1. The van der Waals surface area contributed by atoms with Crippen molar-refractivity contribution in [2.45, 2.75) is 13.8 Å². The number of hydrogen-bond acceptors (Lipinski definition) is 6. The average molecular weight is 295 g/mol. The topological polar surface area (TPSA) is 85.5 Å². The quantitative estimate of drug-likeness (QED) is 0.871. The molecular formula is C13H13NO5S. The van der Waals surface area contributed by atoms with Crippen LogP contribution in [0.4, 0.5) is 0 Å². The van der Waals surface area contributed by atoms with Gasteiger partial charge in [0.05, 0.1) is 24.1 Å². The van der Waals surface area contributed by atoms with Gasteiger partial charge in [0.15, 0.2) is 0 Å². The van der Waals surface area contributed by atoms with Crippen molar-refractivity contribution in [2.75, 3.05) is 13.2 Å². The number of carbonyl (C=O) groups is 2. The summed E-state index contributed by atoms with van der Waals surface area (Å²) in [7, 11) is 0. The Morgan fingerprint density at radius 2 is 1.80 bits per heavy atom. The first-order chi connectivity index (χ1) is 9.60. The van der Waals surface area contributed by atoms with Crippen LogP contribution < -0.4 is 5.43 Å². The maximum absolute atomic E-state index is 12.3. The highest BCUT2D eigenvalue weighted by Gasteiger charge is 2.25. The van der Waals surface area contributed by atoms with Gasteiger partial charge < -0.3 is 14.5 Å². The Hall–Kier alpha value is -2.15. The number of esters is 2. The number of rotatable bonds is 4. The molecule has 0 fully saturated rings. The second-order valence-corrected chi connectivity index (χ2v) is 4.59. The molecule has 0 aliphatic rings. The maximum atomic E-state index is 12.3. The van der Waals surface area contributed by atoms with Crippen molar-refractivity contribution in [1.82, 2.24) is 4.98 Å². The van der Waals surface area contributed by atoms with E-state index in [0.717, 1.165) is 0 Å². The third-order valence-corrected chi connectivity index (χ3v) is 3.35. The minimum absolute atomic E-state index is 0.113. The van der Waals surface area contributed by atoms with E-state index < -0.39 is 17.4 Å². The summed E-state index contributed by atoms with van der Waals surface area (Å²) in [5.74, 6) is -1.58. The van der Waals surface area contributed by atoms with E-state index >= 15 is 0 Å². The molecule has 0 unspecified atom stereocenters. The van der Waals surface area contributed by atoms with Crippen molar-refractivity contribution >= 4 is 34.2 Å². The van der Waals surface area contributed by atoms with Gasteiger partial charge in [0.1, 0.15) is 11.3 Å². The first kappa shape index (κ1) is 14.3. The molecule has 2 aromatic rings. The summed E-state index contributed by atoms with van der Waals surface area (Å²) in [4.78, 5) is 38.9. The number of fused-ring (bicyclic) bond motifs is 1.